The second kappa shape index (κ2) is 22.6. The van der Waals surface area contributed by atoms with Crippen molar-refractivity contribution in [2.75, 3.05) is 18.9 Å². The molecule has 58 heavy (non-hydrogen) atoms. The molecule has 0 bridgehead atoms. The molecule has 3 aromatic rings. The van der Waals surface area contributed by atoms with Crippen LogP contribution in [0.15, 0.2) is 65.8 Å². The number of aromatic nitrogens is 1. The Hall–Kier alpha value is -5.31. The summed E-state index contributed by atoms with van der Waals surface area (Å²) >= 11 is 8.43. The summed E-state index contributed by atoms with van der Waals surface area (Å²) in [5.41, 5.74) is 18.9. The number of aliphatic hydroxyl groups excluding tert-OH is 1. The number of fused-ring (bicyclic) bond motifs is 1. The van der Waals surface area contributed by atoms with Crippen molar-refractivity contribution in [3.05, 3.63) is 71.9 Å². The third-order valence-electron chi connectivity index (χ3n) is 9.06. The molecule has 0 aliphatic rings. The first-order chi connectivity index (χ1) is 27.4. The summed E-state index contributed by atoms with van der Waals surface area (Å²) in [7, 11) is 0. The Kier molecular flexibility index (Phi) is 18.3. The van der Waals surface area contributed by atoms with Gasteiger partial charge < -0.3 is 59.0 Å². The highest BCUT2D eigenvalue weighted by atomic mass is 32.1. The number of aliphatic carboxylic acids is 1. The number of aliphatic imine (C=N–C) groups is 1. The van der Waals surface area contributed by atoms with Crippen molar-refractivity contribution in [3.8, 4) is 0 Å². The van der Waals surface area contributed by atoms with Crippen molar-refractivity contribution in [2.24, 2.45) is 22.2 Å². The van der Waals surface area contributed by atoms with E-state index in [0.717, 1.165) is 10.9 Å². The van der Waals surface area contributed by atoms with Crippen molar-refractivity contribution in [1.82, 2.24) is 31.6 Å². The summed E-state index contributed by atoms with van der Waals surface area (Å²) in [4.78, 5) is 87.5. The van der Waals surface area contributed by atoms with E-state index in [1.165, 1.54) is 13.8 Å². The van der Waals surface area contributed by atoms with Gasteiger partial charge in [-0.25, -0.2) is 4.79 Å². The Morgan fingerprint density at radius 1 is 0.776 bits per heavy atom. The lowest BCUT2D eigenvalue weighted by Crippen LogP contribution is -2.61. The number of carboxylic acid groups (broad SMARTS) is 1. The number of carbonyl (C=O) groups is 6. The molecular formula is C38H54N10O8S2. The van der Waals surface area contributed by atoms with Crippen LogP contribution in [0, 0.1) is 0 Å². The Morgan fingerprint density at radius 3 is 1.93 bits per heavy atom. The van der Waals surface area contributed by atoms with Crippen molar-refractivity contribution >= 4 is 77.6 Å². The number of H-pyrrole nitrogens is 1. The van der Waals surface area contributed by atoms with Crippen molar-refractivity contribution in [2.45, 2.75) is 86.9 Å². The smallest absolute Gasteiger partial charge is 0.327 e. The summed E-state index contributed by atoms with van der Waals surface area (Å²) in [5, 5.41) is 33.5. The number of nitrogens with one attached hydrogen (secondary N) is 6. The van der Waals surface area contributed by atoms with Crippen LogP contribution in [-0.4, -0.2) is 117 Å². The Labute approximate surface area is 347 Å². The molecular weight excluding hydrogens is 789 g/mol. The average Bonchev–Trinajstić information content (AvgIpc) is 3.58. The first-order valence-electron chi connectivity index (χ1n) is 18.5. The molecule has 3 rings (SSSR count). The second-order valence-electron chi connectivity index (χ2n) is 14.2. The number of nitrogens with two attached hydrogens (primary N) is 3. The van der Waals surface area contributed by atoms with E-state index in [1.807, 2.05) is 18.2 Å². The fourth-order valence-electron chi connectivity index (χ4n) is 5.90. The van der Waals surface area contributed by atoms with E-state index in [9.17, 15) is 39.0 Å². The molecule has 0 aliphatic carbocycles. The van der Waals surface area contributed by atoms with Gasteiger partial charge in [-0.05, 0) is 56.1 Å². The first-order valence-corrected chi connectivity index (χ1v) is 19.6. The molecule has 20 heteroatoms. The fraction of sp³-hybridized carbons (Fsp3) is 0.447. The number of nitrogens with zero attached hydrogens (tertiary/aromatic N) is 1. The van der Waals surface area contributed by atoms with Crippen molar-refractivity contribution in [1.29, 1.82) is 0 Å². The lowest BCUT2D eigenvalue weighted by atomic mass is 10.00. The minimum absolute atomic E-state index is 0.0401. The number of guanidine groups is 1. The van der Waals surface area contributed by atoms with Gasteiger partial charge in [-0.15, -0.1) is 0 Å². The maximum atomic E-state index is 14.2. The quantitative estimate of drug-likeness (QED) is 0.0234. The third kappa shape index (κ3) is 14.6. The predicted molar refractivity (Wildman–Crippen MR) is 226 cm³/mol. The van der Waals surface area contributed by atoms with Crippen molar-refractivity contribution < 1.29 is 39.0 Å². The molecule has 0 saturated carbocycles. The highest BCUT2D eigenvalue weighted by molar-refractivity contribution is 7.81. The van der Waals surface area contributed by atoms with Crippen LogP contribution in [0.1, 0.15) is 44.2 Å². The van der Waals surface area contributed by atoms with Gasteiger partial charge in [0.05, 0.1) is 12.6 Å². The minimum atomic E-state index is -1.47. The Balaban J connectivity index is 1.96. The van der Waals surface area contributed by atoms with E-state index in [4.69, 9.17) is 17.2 Å². The zero-order valence-electron chi connectivity index (χ0n) is 32.3. The molecule has 0 saturated heterocycles. The molecule has 0 spiro atoms. The molecule has 1 heterocycles. The number of rotatable bonds is 23. The summed E-state index contributed by atoms with van der Waals surface area (Å²) in [6.07, 6.45) is 1.89. The van der Waals surface area contributed by atoms with Crippen LogP contribution >= 0.6 is 25.3 Å². The Bertz CT molecular complexity index is 1900. The lowest BCUT2D eigenvalue weighted by Gasteiger charge is -2.30. The van der Waals surface area contributed by atoms with E-state index in [-0.39, 0.29) is 44.6 Å². The van der Waals surface area contributed by atoms with Gasteiger partial charge >= 0.3 is 5.97 Å². The molecule has 14 N–H and O–H groups in total. The first kappa shape index (κ1) is 47.1. The second-order valence-corrected chi connectivity index (χ2v) is 15.8. The molecule has 0 fully saturated rings. The van der Waals surface area contributed by atoms with Gasteiger partial charge in [0.25, 0.3) is 0 Å². The average molecular weight is 843 g/mol. The third-order valence-corrected chi connectivity index (χ3v) is 9.57. The number of carboxylic acids is 1. The van der Waals surface area contributed by atoms with Crippen LogP contribution in [0.4, 0.5) is 0 Å². The standard InChI is InChI=1S/C38H54N10O8S2/c1-38(2,58)30(36(55)56)48-34(53)28(18-22-19-43-25-12-7-6-11-23(22)25)46-32(51)26(13-8-15-42-37(40)41)44-33(52)27(17-21-9-4-3-5-10-21)45-35(54)29(20-49)47-31(50)24(39)14-16-57/h3-7,9-12,19,24,26-30,43,49,57-58H,8,13-18,20,39H2,1-2H3,(H,44,52)(H,45,54)(H,46,51)(H,47,50)(H,48,53)(H,55,56)(H4,40,41,42)/t24-,26-,27+,28-,29-,30+/m0/s1. The molecule has 0 unspecified atom stereocenters. The normalized spacial score (nSPS) is 14.4. The lowest BCUT2D eigenvalue weighted by molar-refractivity contribution is -0.143. The number of carbonyl (C=O) groups excluding carboxylic acids is 5. The fourth-order valence-corrected chi connectivity index (χ4v) is 6.36. The SMILES string of the molecule is CC(C)(S)[C@H](NC(=O)[C@H](Cc1c[nH]c2ccccc12)NC(=O)[C@H](CCCN=C(N)N)NC(=O)[C@@H](Cc1ccccc1)NC(=O)[C@H](CO)NC(=O)[C@@H](N)CCS)C(=O)O. The highest BCUT2D eigenvalue weighted by Crippen LogP contribution is 2.21. The predicted octanol–water partition coefficient (Wildman–Crippen LogP) is -1.14. The number of benzene rings is 2. The number of hydrogen-bond acceptors (Lipinski definition) is 11. The van der Waals surface area contributed by atoms with Gasteiger partial charge in [0.1, 0.15) is 30.2 Å². The summed E-state index contributed by atoms with van der Waals surface area (Å²) < 4.78 is -1.20. The summed E-state index contributed by atoms with van der Waals surface area (Å²) in [5.74, 6) is -5.27. The molecule has 316 valence electrons. The molecule has 18 nitrogen and oxygen atoms in total. The van der Waals surface area contributed by atoms with E-state index in [0.29, 0.717) is 16.9 Å². The largest absolute Gasteiger partial charge is 0.480 e. The number of aliphatic hydroxyl groups is 1. The highest BCUT2D eigenvalue weighted by Gasteiger charge is 2.37. The topological polar surface area (TPSA) is 309 Å². The van der Waals surface area contributed by atoms with Gasteiger partial charge in [-0.3, -0.25) is 29.0 Å². The molecule has 1 aromatic heterocycles. The van der Waals surface area contributed by atoms with Crippen LogP contribution in [-0.2, 0) is 41.6 Å². The van der Waals surface area contributed by atoms with E-state index in [1.54, 1.807) is 42.6 Å². The molecule has 0 radical (unpaired) electrons. The van der Waals surface area contributed by atoms with E-state index < -0.39 is 83.1 Å². The number of aromatic amines is 1. The monoisotopic (exact) mass is 842 g/mol. The summed E-state index contributed by atoms with van der Waals surface area (Å²) in [6, 6.07) is 8.02. The number of para-hydroxylation sites is 1. The van der Waals surface area contributed by atoms with Gasteiger partial charge in [-0.1, -0.05) is 48.5 Å². The molecule has 2 aromatic carbocycles. The van der Waals surface area contributed by atoms with E-state index in [2.05, 4.69) is 61.8 Å². The van der Waals surface area contributed by atoms with Crippen LogP contribution in [0.3, 0.4) is 0 Å². The maximum Gasteiger partial charge on any atom is 0.327 e. The van der Waals surface area contributed by atoms with Crippen molar-refractivity contribution in [3.63, 3.8) is 0 Å². The molecule has 6 atom stereocenters. The zero-order valence-corrected chi connectivity index (χ0v) is 34.1. The zero-order chi connectivity index (χ0) is 43.0. The van der Waals surface area contributed by atoms with Gasteiger partial charge in [-0.2, -0.15) is 25.3 Å². The van der Waals surface area contributed by atoms with Crippen LogP contribution in [0.5, 0.6) is 0 Å². The Morgan fingerprint density at radius 2 is 1.33 bits per heavy atom. The van der Waals surface area contributed by atoms with Gasteiger partial charge in [0.2, 0.25) is 29.5 Å². The van der Waals surface area contributed by atoms with Gasteiger partial charge in [0.15, 0.2) is 5.96 Å². The van der Waals surface area contributed by atoms with Gasteiger partial charge in [0, 0.05) is 41.2 Å². The minimum Gasteiger partial charge on any atom is -0.480 e. The number of hydrogen-bond donors (Lipinski definition) is 13. The number of thiol groups is 2. The van der Waals surface area contributed by atoms with Crippen LogP contribution in [0.2, 0.25) is 0 Å². The number of amides is 5. The summed E-state index contributed by atoms with van der Waals surface area (Å²) in [6.45, 7) is 2.30. The maximum absolute atomic E-state index is 14.2. The van der Waals surface area contributed by atoms with E-state index >= 15 is 0 Å². The van der Waals surface area contributed by atoms with Crippen LogP contribution in [0.25, 0.3) is 10.9 Å². The molecule has 0 aliphatic heterocycles. The van der Waals surface area contributed by atoms with Crippen LogP contribution < -0.4 is 43.8 Å². The molecule has 5 amide bonds.